The number of phenols is 1. The average Bonchev–Trinajstić information content (AvgIpc) is 3.35. The molecule has 1 aliphatic rings. The van der Waals surface area contributed by atoms with Crippen LogP contribution in [0, 0.1) is 13.8 Å². The molecule has 35 heavy (non-hydrogen) atoms. The molecule has 3 heterocycles. The summed E-state index contributed by atoms with van der Waals surface area (Å²) >= 11 is 5.78. The van der Waals surface area contributed by atoms with Crippen LogP contribution in [-0.4, -0.2) is 30.8 Å². The first-order valence-corrected chi connectivity index (χ1v) is 11.6. The summed E-state index contributed by atoms with van der Waals surface area (Å²) < 4.78 is 2.06. The van der Waals surface area contributed by atoms with Crippen LogP contribution in [0.25, 0.3) is 5.69 Å². The number of aromatic carboxylic acids is 1. The van der Waals surface area contributed by atoms with Crippen LogP contribution in [0.4, 0.5) is 5.69 Å². The number of carboxylic acid groups (broad SMARTS) is 1. The summed E-state index contributed by atoms with van der Waals surface area (Å²) in [6.45, 7) is 4.03. The van der Waals surface area contributed by atoms with Gasteiger partial charge in [-0.15, -0.1) is 0 Å². The lowest BCUT2D eigenvalue weighted by Crippen LogP contribution is -2.29. The van der Waals surface area contributed by atoms with Crippen molar-refractivity contribution in [1.82, 2.24) is 14.9 Å². The molecule has 1 fully saturated rings. The maximum Gasteiger partial charge on any atom is 0.335 e. The second kappa shape index (κ2) is 8.88. The molecule has 1 saturated heterocycles. The van der Waals surface area contributed by atoms with E-state index in [4.69, 9.17) is 12.2 Å². The number of hydrogen-bond donors (Lipinski definition) is 3. The highest BCUT2D eigenvalue weighted by molar-refractivity contribution is 7.80. The Morgan fingerprint density at radius 1 is 1.00 bits per heavy atom. The number of hydrogen-bond acceptors (Lipinski definition) is 4. The molecule has 2 aromatic heterocycles. The molecule has 0 spiro atoms. The van der Waals surface area contributed by atoms with Gasteiger partial charge in [0.05, 0.1) is 23.3 Å². The van der Waals surface area contributed by atoms with E-state index in [1.165, 1.54) is 0 Å². The van der Waals surface area contributed by atoms with E-state index in [2.05, 4.69) is 20.9 Å². The van der Waals surface area contributed by atoms with Gasteiger partial charge >= 0.3 is 5.97 Å². The van der Waals surface area contributed by atoms with Crippen LogP contribution in [0.1, 0.15) is 45.1 Å². The predicted molar refractivity (Wildman–Crippen MR) is 138 cm³/mol. The Bertz CT molecular complexity index is 1420. The minimum atomic E-state index is -0.964. The molecule has 2 aromatic carbocycles. The number of carbonyl (C=O) groups is 1. The molecular weight excluding hydrogens is 460 g/mol. The number of benzene rings is 2. The number of rotatable bonds is 5. The van der Waals surface area contributed by atoms with E-state index < -0.39 is 5.97 Å². The number of thiocarbonyl (C=S) groups is 1. The van der Waals surface area contributed by atoms with Gasteiger partial charge in [0, 0.05) is 29.0 Å². The Morgan fingerprint density at radius 2 is 1.77 bits per heavy atom. The van der Waals surface area contributed by atoms with Crippen LogP contribution < -0.4 is 10.2 Å². The van der Waals surface area contributed by atoms with E-state index in [0.29, 0.717) is 5.11 Å². The Balaban J connectivity index is 1.67. The fourth-order valence-electron chi connectivity index (χ4n) is 4.82. The second-order valence-electron chi connectivity index (χ2n) is 8.53. The van der Waals surface area contributed by atoms with E-state index in [9.17, 15) is 15.0 Å². The molecular formula is C27H24N4O3S. The first-order chi connectivity index (χ1) is 16.8. The first-order valence-electron chi connectivity index (χ1n) is 11.2. The molecule has 5 rings (SSSR count). The number of aromatic hydroxyl groups is 1. The van der Waals surface area contributed by atoms with Gasteiger partial charge in [0.2, 0.25) is 0 Å². The number of anilines is 1. The number of carboxylic acids is 1. The second-order valence-corrected chi connectivity index (χ2v) is 8.92. The van der Waals surface area contributed by atoms with E-state index >= 15 is 0 Å². The van der Waals surface area contributed by atoms with Gasteiger partial charge in [-0.3, -0.25) is 4.98 Å². The lowest BCUT2D eigenvalue weighted by Gasteiger charge is -2.28. The van der Waals surface area contributed by atoms with Crippen LogP contribution in [0.5, 0.6) is 5.75 Å². The van der Waals surface area contributed by atoms with Gasteiger partial charge in [-0.05, 0) is 92.3 Å². The summed E-state index contributed by atoms with van der Waals surface area (Å²) in [5.41, 5.74) is 5.72. The standard InChI is InChI=1S/C27H24N4O3S/c1-16-14-22(17(2)30(16)20-7-5-6-18(15-20)26(33)34)25-24(23-8-3-4-13-28-23)29-27(35)31(25)19-9-11-21(32)12-10-19/h3-15,24-25,32H,1-2H3,(H,29,35)(H,33,34)/t24-,25+/m1/s1. The van der Waals surface area contributed by atoms with Crippen LogP contribution in [0.3, 0.4) is 0 Å². The van der Waals surface area contributed by atoms with Crippen molar-refractivity contribution >= 4 is 29.0 Å². The van der Waals surface area contributed by atoms with Gasteiger partial charge < -0.3 is 25.0 Å². The van der Waals surface area contributed by atoms with Crippen molar-refractivity contribution in [1.29, 1.82) is 0 Å². The highest BCUT2D eigenvalue weighted by Gasteiger charge is 2.42. The molecule has 0 unspecified atom stereocenters. The zero-order chi connectivity index (χ0) is 24.7. The molecule has 0 saturated carbocycles. The van der Waals surface area contributed by atoms with E-state index in [-0.39, 0.29) is 23.4 Å². The van der Waals surface area contributed by atoms with Crippen molar-refractivity contribution in [2.24, 2.45) is 0 Å². The van der Waals surface area contributed by atoms with Crippen molar-refractivity contribution < 1.29 is 15.0 Å². The third kappa shape index (κ3) is 4.02. The van der Waals surface area contributed by atoms with Crippen molar-refractivity contribution in [2.75, 3.05) is 4.90 Å². The molecule has 1 aliphatic heterocycles. The minimum Gasteiger partial charge on any atom is -0.508 e. The molecule has 0 amide bonds. The molecule has 4 aromatic rings. The van der Waals surface area contributed by atoms with E-state index in [1.807, 2.05) is 55.1 Å². The van der Waals surface area contributed by atoms with Crippen molar-refractivity contribution in [3.8, 4) is 11.4 Å². The molecule has 2 atom stereocenters. The molecule has 7 nitrogen and oxygen atoms in total. The SMILES string of the molecule is Cc1cc([C@H]2[C@@H](c3ccccn3)NC(=S)N2c2ccc(O)cc2)c(C)n1-c1cccc(C(=O)O)c1. The quantitative estimate of drug-likeness (QED) is 0.341. The van der Waals surface area contributed by atoms with Gasteiger partial charge in [0.1, 0.15) is 5.75 Å². The smallest absolute Gasteiger partial charge is 0.335 e. The lowest BCUT2D eigenvalue weighted by molar-refractivity contribution is 0.0697. The van der Waals surface area contributed by atoms with Gasteiger partial charge in [-0.1, -0.05) is 12.1 Å². The highest BCUT2D eigenvalue weighted by Crippen LogP contribution is 2.44. The molecule has 176 valence electrons. The summed E-state index contributed by atoms with van der Waals surface area (Å²) in [7, 11) is 0. The maximum atomic E-state index is 11.6. The monoisotopic (exact) mass is 484 g/mol. The number of phenolic OH excluding ortho intramolecular Hbond substituents is 1. The summed E-state index contributed by atoms with van der Waals surface area (Å²) in [6, 6.07) is 21.4. The van der Waals surface area contributed by atoms with Crippen LogP contribution in [0.15, 0.2) is 79.0 Å². The lowest BCUT2D eigenvalue weighted by atomic mass is 9.96. The predicted octanol–water partition coefficient (Wildman–Crippen LogP) is 5.07. The van der Waals surface area contributed by atoms with Gasteiger partial charge in [-0.25, -0.2) is 4.79 Å². The summed E-state index contributed by atoms with van der Waals surface area (Å²) in [5.74, 6) is -0.783. The number of aryl methyl sites for hydroxylation is 1. The molecule has 0 radical (unpaired) electrons. The fraction of sp³-hybridized carbons (Fsp3) is 0.148. The molecule has 3 N–H and O–H groups in total. The topological polar surface area (TPSA) is 90.6 Å². The van der Waals surface area contributed by atoms with E-state index in [1.54, 1.807) is 36.5 Å². The third-order valence-electron chi connectivity index (χ3n) is 6.37. The Labute approximate surface area is 208 Å². The summed E-state index contributed by atoms with van der Waals surface area (Å²) in [6.07, 6.45) is 1.76. The largest absolute Gasteiger partial charge is 0.508 e. The van der Waals surface area contributed by atoms with E-state index in [0.717, 1.165) is 34.0 Å². The fourth-order valence-corrected chi connectivity index (χ4v) is 5.17. The minimum absolute atomic E-state index is 0.182. The zero-order valence-electron chi connectivity index (χ0n) is 19.2. The first kappa shape index (κ1) is 22.6. The summed E-state index contributed by atoms with van der Waals surface area (Å²) in [5, 5.41) is 23.3. The van der Waals surface area contributed by atoms with Crippen LogP contribution >= 0.6 is 12.2 Å². The van der Waals surface area contributed by atoms with Crippen molar-refractivity contribution in [3.63, 3.8) is 0 Å². The van der Waals surface area contributed by atoms with Crippen molar-refractivity contribution in [3.05, 3.63) is 107 Å². The van der Waals surface area contributed by atoms with Gasteiger partial charge in [-0.2, -0.15) is 0 Å². The zero-order valence-corrected chi connectivity index (χ0v) is 20.0. The summed E-state index contributed by atoms with van der Waals surface area (Å²) in [4.78, 5) is 18.2. The van der Waals surface area contributed by atoms with Gasteiger partial charge in [0.25, 0.3) is 0 Å². The number of nitrogens with one attached hydrogen (secondary N) is 1. The highest BCUT2D eigenvalue weighted by atomic mass is 32.1. The Morgan fingerprint density at radius 3 is 2.46 bits per heavy atom. The Kier molecular flexibility index (Phi) is 5.74. The normalized spacial score (nSPS) is 17.4. The molecule has 0 bridgehead atoms. The van der Waals surface area contributed by atoms with Crippen molar-refractivity contribution in [2.45, 2.75) is 25.9 Å². The maximum absolute atomic E-state index is 11.6. The van der Waals surface area contributed by atoms with Crippen LogP contribution in [-0.2, 0) is 0 Å². The average molecular weight is 485 g/mol. The van der Waals surface area contributed by atoms with Crippen LogP contribution in [0.2, 0.25) is 0 Å². The Hall–Kier alpha value is -4.17. The number of nitrogens with zero attached hydrogens (tertiary/aromatic N) is 3. The third-order valence-corrected chi connectivity index (χ3v) is 6.68. The molecule has 0 aliphatic carbocycles. The number of pyridine rings is 1. The van der Waals surface area contributed by atoms with Gasteiger partial charge in [0.15, 0.2) is 5.11 Å². The number of aromatic nitrogens is 2. The molecule has 8 heteroatoms.